The highest BCUT2D eigenvalue weighted by Crippen LogP contribution is 2.53. The van der Waals surface area contributed by atoms with E-state index in [2.05, 4.69) is 69.3 Å². The zero-order chi connectivity index (χ0) is 33.5. The van der Waals surface area contributed by atoms with Crippen LogP contribution in [0.2, 0.25) is 25.7 Å². The average molecular weight is 646 g/mol. The van der Waals surface area contributed by atoms with Crippen LogP contribution in [0.25, 0.3) is 0 Å². The topological polar surface area (TPSA) is 97.0 Å². The van der Waals surface area contributed by atoms with Crippen LogP contribution in [-0.2, 0) is 30.9 Å². The van der Waals surface area contributed by atoms with Gasteiger partial charge in [-0.05, 0) is 69.7 Å². The number of nitrogens with one attached hydrogen (secondary N) is 2. The lowest BCUT2D eigenvalue weighted by molar-refractivity contribution is -0.152. The smallest absolute Gasteiger partial charge is 0.407 e. The number of carbonyl (C=O) groups excluding carboxylic acids is 3. The molecule has 2 aromatic rings. The number of fused-ring (bicyclic) bond motifs is 3. The van der Waals surface area contributed by atoms with Gasteiger partial charge < -0.3 is 25.0 Å². The van der Waals surface area contributed by atoms with Crippen LogP contribution < -0.4 is 10.6 Å². The van der Waals surface area contributed by atoms with Crippen molar-refractivity contribution in [3.8, 4) is 0 Å². The van der Waals surface area contributed by atoms with Crippen molar-refractivity contribution in [3.63, 3.8) is 0 Å². The quantitative estimate of drug-likeness (QED) is 0.136. The minimum Gasteiger partial charge on any atom is -0.467 e. The third-order valence-corrected chi connectivity index (χ3v) is 10.7. The Morgan fingerprint density at radius 1 is 1.04 bits per heavy atom. The number of hydrogen-bond donors (Lipinski definition) is 2. The first kappa shape index (κ1) is 35.0. The second-order valence-electron chi connectivity index (χ2n) is 14.1. The highest BCUT2D eigenvalue weighted by atomic mass is 28.3. The van der Waals surface area contributed by atoms with Gasteiger partial charge in [-0.2, -0.15) is 0 Å². The lowest BCUT2D eigenvalue weighted by Crippen LogP contribution is -2.57. The fraction of sp³-hybridized carbons (Fsp3) is 0.486. The van der Waals surface area contributed by atoms with Crippen LogP contribution in [0.15, 0.2) is 77.9 Å². The van der Waals surface area contributed by atoms with Crippen molar-refractivity contribution < 1.29 is 23.9 Å². The van der Waals surface area contributed by atoms with Crippen LogP contribution in [0.5, 0.6) is 0 Å². The summed E-state index contributed by atoms with van der Waals surface area (Å²) in [6, 6.07) is 16.7. The zero-order valence-electron chi connectivity index (χ0n) is 28.5. The first-order chi connectivity index (χ1) is 21.8. The lowest BCUT2D eigenvalue weighted by Gasteiger charge is -2.35. The molecule has 2 aromatic carbocycles. The fourth-order valence-corrected chi connectivity index (χ4v) is 7.20. The van der Waals surface area contributed by atoms with E-state index in [0.29, 0.717) is 19.4 Å². The minimum atomic E-state index is -1.42. The number of likely N-dealkylation sites (tertiary alicyclic amines) is 1. The molecule has 2 heterocycles. The predicted octanol–water partition coefficient (Wildman–Crippen LogP) is 7.21. The van der Waals surface area contributed by atoms with E-state index < -0.39 is 43.8 Å². The molecule has 9 heteroatoms. The van der Waals surface area contributed by atoms with Crippen molar-refractivity contribution in [1.82, 2.24) is 10.2 Å². The van der Waals surface area contributed by atoms with E-state index in [1.165, 1.54) is 18.3 Å². The lowest BCUT2D eigenvalue weighted by atomic mass is 9.75. The molecule has 46 heavy (non-hydrogen) atoms. The minimum absolute atomic E-state index is 0.253. The van der Waals surface area contributed by atoms with Gasteiger partial charge >= 0.3 is 12.1 Å². The summed E-state index contributed by atoms with van der Waals surface area (Å²) in [5.74, 6) is -0.820. The first-order valence-electron chi connectivity index (χ1n) is 16.4. The summed E-state index contributed by atoms with van der Waals surface area (Å²) in [7, 11) is -0.0673. The largest absolute Gasteiger partial charge is 0.467 e. The Balaban J connectivity index is 1.69. The molecule has 0 aromatic heterocycles. The van der Waals surface area contributed by atoms with Gasteiger partial charge in [-0.15, -0.1) is 0 Å². The van der Waals surface area contributed by atoms with Gasteiger partial charge in [-0.25, -0.2) is 9.59 Å². The number of amides is 2. The third-order valence-electron chi connectivity index (χ3n) is 9.04. The van der Waals surface area contributed by atoms with Crippen molar-refractivity contribution in [2.24, 2.45) is 0 Å². The molecule has 0 aliphatic carbocycles. The first-order valence-corrected chi connectivity index (χ1v) is 20.1. The molecule has 0 unspecified atom stereocenters. The number of para-hydroxylation sites is 1. The molecule has 2 aliphatic heterocycles. The normalized spacial score (nSPS) is 21.0. The standard InChI is InChI=1S/C37H51N3O5Si/c1-26(2)14-13-15-27(3)20-21-37-25-32(34(42)44-4)40(35(37)38-30-19-12-11-18-29(30)37)33(41)31(24-28-16-9-8-10-17-28)39-36(43)45-22-23-46(5,6)7/h8-12,14,16-20,31-32,35,38H,13,15,21-25H2,1-7H3,(H,39,43)/b27-20+/t31-,32-,35+,37+/m0/s1. The number of carbonyl (C=O) groups is 3. The predicted molar refractivity (Wildman–Crippen MR) is 186 cm³/mol. The molecule has 0 saturated carbocycles. The van der Waals surface area contributed by atoms with E-state index in [0.717, 1.165) is 35.7 Å². The molecule has 2 amide bonds. The maximum absolute atomic E-state index is 14.7. The molecule has 0 spiro atoms. The maximum atomic E-state index is 14.7. The number of benzene rings is 2. The van der Waals surface area contributed by atoms with Gasteiger partial charge in [-0.1, -0.05) is 91.5 Å². The van der Waals surface area contributed by atoms with Crippen molar-refractivity contribution in [3.05, 3.63) is 89.0 Å². The van der Waals surface area contributed by atoms with Crippen molar-refractivity contribution in [2.45, 2.75) is 102 Å². The van der Waals surface area contributed by atoms with E-state index in [9.17, 15) is 14.4 Å². The Morgan fingerprint density at radius 2 is 1.74 bits per heavy atom. The summed E-state index contributed by atoms with van der Waals surface area (Å²) in [4.78, 5) is 42.9. The third kappa shape index (κ3) is 8.49. The number of ether oxygens (including phenoxy) is 2. The number of nitrogens with zero attached hydrogens (tertiary/aromatic N) is 1. The van der Waals surface area contributed by atoms with Crippen LogP contribution in [0.1, 0.15) is 57.6 Å². The fourth-order valence-electron chi connectivity index (χ4n) is 6.49. The van der Waals surface area contributed by atoms with E-state index in [1.54, 1.807) is 4.90 Å². The summed E-state index contributed by atoms with van der Waals surface area (Å²) < 4.78 is 10.8. The van der Waals surface area contributed by atoms with Crippen LogP contribution in [0, 0.1) is 0 Å². The van der Waals surface area contributed by atoms with Crippen LogP contribution in [0.3, 0.4) is 0 Å². The SMILES string of the molecule is COC(=O)[C@@H]1C[C@]2(C/C=C(\C)CCC=C(C)C)c3ccccc3N[C@@H]2N1C(=O)[C@H](Cc1ccccc1)NC(=O)OCC[Si](C)(C)C. The molecule has 2 N–H and O–H groups in total. The Bertz CT molecular complexity index is 1450. The summed E-state index contributed by atoms with van der Waals surface area (Å²) in [5, 5.41) is 6.47. The molecule has 0 radical (unpaired) electrons. The molecule has 2 aliphatic rings. The number of methoxy groups -OCH3 is 1. The molecule has 8 nitrogen and oxygen atoms in total. The molecular formula is C37H51N3O5Si. The molecule has 1 saturated heterocycles. The van der Waals surface area contributed by atoms with Gasteiger partial charge in [0.2, 0.25) is 5.91 Å². The Kier molecular flexibility index (Phi) is 11.5. The Morgan fingerprint density at radius 3 is 2.41 bits per heavy atom. The number of alkyl carbamates (subject to hydrolysis) is 1. The summed E-state index contributed by atoms with van der Waals surface area (Å²) in [6.07, 6.45) is 6.56. The van der Waals surface area contributed by atoms with E-state index in [4.69, 9.17) is 9.47 Å². The van der Waals surface area contributed by atoms with Crippen LogP contribution in [-0.4, -0.2) is 62.9 Å². The zero-order valence-corrected chi connectivity index (χ0v) is 29.5. The van der Waals surface area contributed by atoms with Gasteiger partial charge in [0, 0.05) is 25.6 Å². The Labute approximate surface area is 275 Å². The Hall–Kier alpha value is -3.85. The molecule has 248 valence electrons. The number of rotatable bonds is 13. The summed E-state index contributed by atoms with van der Waals surface area (Å²) >= 11 is 0. The van der Waals surface area contributed by atoms with E-state index >= 15 is 0 Å². The number of allylic oxidation sites excluding steroid dienone is 4. The van der Waals surface area contributed by atoms with Crippen molar-refractivity contribution in [1.29, 1.82) is 0 Å². The highest BCUT2D eigenvalue weighted by molar-refractivity contribution is 6.76. The van der Waals surface area contributed by atoms with Gasteiger partial charge in [0.05, 0.1) is 13.7 Å². The van der Waals surface area contributed by atoms with E-state index in [-0.39, 0.29) is 12.3 Å². The van der Waals surface area contributed by atoms with Crippen molar-refractivity contribution >= 4 is 31.7 Å². The van der Waals surface area contributed by atoms with Gasteiger partial charge in [0.15, 0.2) is 0 Å². The van der Waals surface area contributed by atoms with Gasteiger partial charge in [0.25, 0.3) is 0 Å². The molecule has 4 atom stereocenters. The van der Waals surface area contributed by atoms with Crippen LogP contribution in [0.4, 0.5) is 10.5 Å². The average Bonchev–Trinajstić information content (AvgIpc) is 3.49. The number of esters is 1. The highest BCUT2D eigenvalue weighted by Gasteiger charge is 2.61. The summed E-state index contributed by atoms with van der Waals surface area (Å²) in [5.41, 5.74) is 4.92. The number of hydrogen-bond acceptors (Lipinski definition) is 6. The van der Waals surface area contributed by atoms with Gasteiger partial charge in [0.1, 0.15) is 18.2 Å². The van der Waals surface area contributed by atoms with Crippen molar-refractivity contribution in [2.75, 3.05) is 19.0 Å². The maximum Gasteiger partial charge on any atom is 0.407 e. The molecular weight excluding hydrogens is 595 g/mol. The summed E-state index contributed by atoms with van der Waals surface area (Å²) in [6.45, 7) is 13.3. The van der Waals surface area contributed by atoms with Crippen LogP contribution >= 0.6 is 0 Å². The second-order valence-corrected chi connectivity index (χ2v) is 19.8. The monoisotopic (exact) mass is 645 g/mol. The van der Waals surface area contributed by atoms with Gasteiger partial charge in [-0.3, -0.25) is 4.79 Å². The second kappa shape index (κ2) is 15.2. The molecule has 0 bridgehead atoms. The molecule has 4 rings (SSSR count). The van der Waals surface area contributed by atoms with E-state index in [1.807, 2.05) is 48.5 Å². The number of anilines is 1. The molecule has 1 fully saturated rings.